The smallest absolute Gasteiger partial charge is 0.276 e. The highest BCUT2D eigenvalue weighted by Gasteiger charge is 2.21. The minimum atomic E-state index is -0.488. The average Bonchev–Trinajstić information content (AvgIpc) is 3.46. The van der Waals surface area contributed by atoms with Crippen LogP contribution in [0.1, 0.15) is 28.3 Å². The van der Waals surface area contributed by atoms with Crippen LogP contribution in [-0.4, -0.2) is 54.5 Å². The van der Waals surface area contributed by atoms with Gasteiger partial charge in [0, 0.05) is 37.0 Å². The normalized spacial score (nSPS) is 10.9. The lowest BCUT2D eigenvalue weighted by Gasteiger charge is -2.15. The number of nitrogens with zero attached hydrogens (tertiary/aromatic N) is 6. The monoisotopic (exact) mass is 463 g/mol. The number of benzene rings is 2. The van der Waals surface area contributed by atoms with E-state index in [0.717, 1.165) is 17.0 Å². The number of nitrogens with one attached hydrogen (secondary N) is 1. The number of carbonyl (C=O) groups excluding carboxylic acids is 1. The van der Waals surface area contributed by atoms with Gasteiger partial charge in [0.25, 0.3) is 11.6 Å². The Balaban J connectivity index is 1.37. The van der Waals surface area contributed by atoms with E-state index in [1.54, 1.807) is 43.1 Å². The van der Waals surface area contributed by atoms with Crippen LogP contribution in [0.3, 0.4) is 0 Å². The van der Waals surface area contributed by atoms with Crippen LogP contribution in [0.4, 0.5) is 10.1 Å². The average molecular weight is 463 g/mol. The van der Waals surface area contributed by atoms with Gasteiger partial charge >= 0.3 is 0 Å². The molecule has 10 nitrogen and oxygen atoms in total. The number of carbonyl (C=O) groups is 1. The van der Waals surface area contributed by atoms with E-state index in [2.05, 4.69) is 20.5 Å². The van der Waals surface area contributed by atoms with Crippen molar-refractivity contribution < 1.29 is 14.1 Å². The molecule has 174 valence electrons. The van der Waals surface area contributed by atoms with E-state index in [9.17, 15) is 19.3 Å². The molecule has 0 aliphatic rings. The Labute approximate surface area is 194 Å². The van der Waals surface area contributed by atoms with Crippen LogP contribution in [0, 0.1) is 22.9 Å². The Morgan fingerprint density at radius 3 is 2.71 bits per heavy atom. The third-order valence-electron chi connectivity index (χ3n) is 5.44. The lowest BCUT2D eigenvalue weighted by atomic mass is 10.1. The molecule has 0 bridgehead atoms. The summed E-state index contributed by atoms with van der Waals surface area (Å²) < 4.78 is 14.5. The van der Waals surface area contributed by atoms with Crippen molar-refractivity contribution in [2.75, 3.05) is 13.6 Å². The molecule has 0 saturated heterocycles. The van der Waals surface area contributed by atoms with Gasteiger partial charge in [-0.3, -0.25) is 20.0 Å². The quantitative estimate of drug-likeness (QED) is 0.314. The molecule has 11 heteroatoms. The Kier molecular flexibility index (Phi) is 6.44. The van der Waals surface area contributed by atoms with Crippen LogP contribution in [0.25, 0.3) is 16.9 Å². The van der Waals surface area contributed by atoms with Crippen molar-refractivity contribution in [1.29, 1.82) is 0 Å². The van der Waals surface area contributed by atoms with Crippen LogP contribution < -0.4 is 0 Å². The van der Waals surface area contributed by atoms with Crippen LogP contribution in [0.5, 0.6) is 0 Å². The number of aromatic nitrogens is 5. The molecule has 0 aliphatic carbocycles. The van der Waals surface area contributed by atoms with Crippen molar-refractivity contribution in [1.82, 2.24) is 30.1 Å². The second-order valence-corrected chi connectivity index (χ2v) is 7.83. The van der Waals surface area contributed by atoms with Gasteiger partial charge in [-0.15, -0.1) is 5.10 Å². The zero-order valence-electron chi connectivity index (χ0n) is 18.6. The van der Waals surface area contributed by atoms with Crippen LogP contribution in [-0.2, 0) is 6.42 Å². The highest BCUT2D eigenvalue weighted by Crippen LogP contribution is 2.20. The fourth-order valence-electron chi connectivity index (χ4n) is 3.56. The highest BCUT2D eigenvalue weighted by molar-refractivity contribution is 5.93. The molecule has 1 amide bonds. The van der Waals surface area contributed by atoms with Gasteiger partial charge < -0.3 is 4.90 Å². The third kappa shape index (κ3) is 4.82. The van der Waals surface area contributed by atoms with E-state index in [-0.39, 0.29) is 23.1 Å². The summed E-state index contributed by atoms with van der Waals surface area (Å²) in [6, 6.07) is 14.0. The molecule has 4 rings (SSSR count). The SMILES string of the molecule is Cc1c(C(=O)N(C)CCCc2cc(-c3ccc(F)cc3)n[nH]2)nnn1-c1cccc([N+](=O)[O-])c1. The maximum Gasteiger partial charge on any atom is 0.276 e. The van der Waals surface area contributed by atoms with Crippen molar-refractivity contribution in [2.24, 2.45) is 0 Å². The molecule has 0 spiro atoms. The van der Waals surface area contributed by atoms with Gasteiger partial charge in [0.1, 0.15) is 5.82 Å². The number of non-ortho nitro benzene ring substituents is 1. The lowest BCUT2D eigenvalue weighted by molar-refractivity contribution is -0.384. The van der Waals surface area contributed by atoms with Crippen molar-refractivity contribution in [3.05, 3.63) is 87.6 Å². The fraction of sp³-hybridized carbons (Fsp3) is 0.217. The number of aromatic amines is 1. The van der Waals surface area contributed by atoms with Crippen molar-refractivity contribution in [2.45, 2.75) is 19.8 Å². The maximum absolute atomic E-state index is 13.1. The Morgan fingerprint density at radius 2 is 1.97 bits per heavy atom. The van der Waals surface area contributed by atoms with E-state index >= 15 is 0 Å². The summed E-state index contributed by atoms with van der Waals surface area (Å²) in [6.45, 7) is 2.17. The molecule has 0 radical (unpaired) electrons. The highest BCUT2D eigenvalue weighted by atomic mass is 19.1. The van der Waals surface area contributed by atoms with Gasteiger partial charge in [-0.1, -0.05) is 11.3 Å². The predicted molar refractivity (Wildman–Crippen MR) is 122 cm³/mol. The van der Waals surface area contributed by atoms with E-state index in [1.165, 1.54) is 28.9 Å². The van der Waals surface area contributed by atoms with E-state index in [0.29, 0.717) is 30.8 Å². The Bertz CT molecular complexity index is 1330. The van der Waals surface area contributed by atoms with Crippen LogP contribution in [0.15, 0.2) is 54.6 Å². The maximum atomic E-state index is 13.1. The number of halogens is 1. The second-order valence-electron chi connectivity index (χ2n) is 7.83. The summed E-state index contributed by atoms with van der Waals surface area (Å²) in [5.74, 6) is -0.585. The molecule has 0 atom stereocenters. The summed E-state index contributed by atoms with van der Waals surface area (Å²) in [5.41, 5.74) is 3.53. The summed E-state index contributed by atoms with van der Waals surface area (Å²) in [5, 5.41) is 26.3. The van der Waals surface area contributed by atoms with E-state index in [1.807, 2.05) is 6.07 Å². The summed E-state index contributed by atoms with van der Waals surface area (Å²) in [7, 11) is 1.69. The number of nitro groups is 1. The number of nitro benzene ring substituents is 1. The molecule has 2 aromatic heterocycles. The van der Waals surface area contributed by atoms with Crippen molar-refractivity contribution in [3.8, 4) is 16.9 Å². The molecule has 2 heterocycles. The molecule has 4 aromatic rings. The third-order valence-corrected chi connectivity index (χ3v) is 5.44. The second kappa shape index (κ2) is 9.61. The standard InChI is InChI=1S/C23H22FN7O3/c1-15-22(27-28-30(15)19-6-3-7-20(14-19)31(33)34)23(32)29(2)12-4-5-18-13-21(26-25-18)16-8-10-17(24)11-9-16/h3,6-11,13-14H,4-5,12H2,1-2H3,(H,25,26). The largest absolute Gasteiger partial charge is 0.340 e. The van der Waals surface area contributed by atoms with Crippen molar-refractivity contribution >= 4 is 11.6 Å². The first-order valence-electron chi connectivity index (χ1n) is 10.6. The van der Waals surface area contributed by atoms with E-state index in [4.69, 9.17) is 0 Å². The number of amides is 1. The van der Waals surface area contributed by atoms with Crippen LogP contribution >= 0.6 is 0 Å². The zero-order valence-corrected chi connectivity index (χ0v) is 18.6. The summed E-state index contributed by atoms with van der Waals surface area (Å²) >= 11 is 0. The molecule has 0 aliphatic heterocycles. The molecular formula is C23H22FN7O3. The molecule has 34 heavy (non-hydrogen) atoms. The predicted octanol–water partition coefficient (Wildman–Crippen LogP) is 3.72. The Hall–Kier alpha value is -4.41. The first-order chi connectivity index (χ1) is 16.3. The molecular weight excluding hydrogens is 441 g/mol. The zero-order chi connectivity index (χ0) is 24.2. The molecule has 0 fully saturated rings. The topological polar surface area (TPSA) is 123 Å². The molecule has 0 unspecified atom stereocenters. The van der Waals surface area contributed by atoms with Gasteiger partial charge in [-0.2, -0.15) is 5.10 Å². The van der Waals surface area contributed by atoms with Gasteiger partial charge in [-0.05, 0) is 56.2 Å². The van der Waals surface area contributed by atoms with Gasteiger partial charge in [0.15, 0.2) is 5.69 Å². The lowest BCUT2D eigenvalue weighted by Crippen LogP contribution is -2.29. The fourth-order valence-corrected chi connectivity index (χ4v) is 3.56. The number of aryl methyl sites for hydroxylation is 1. The first kappa shape index (κ1) is 22.8. The number of rotatable bonds is 8. The summed E-state index contributed by atoms with van der Waals surface area (Å²) in [4.78, 5) is 25.0. The molecule has 2 aromatic carbocycles. The summed E-state index contributed by atoms with van der Waals surface area (Å²) in [6.07, 6.45) is 1.36. The van der Waals surface area contributed by atoms with Gasteiger partial charge in [-0.25, -0.2) is 9.07 Å². The van der Waals surface area contributed by atoms with Gasteiger partial charge in [0.2, 0.25) is 0 Å². The number of H-pyrrole nitrogens is 1. The minimum absolute atomic E-state index is 0.0706. The number of hydrogen-bond acceptors (Lipinski definition) is 6. The van der Waals surface area contributed by atoms with E-state index < -0.39 is 4.92 Å². The van der Waals surface area contributed by atoms with Crippen molar-refractivity contribution in [3.63, 3.8) is 0 Å². The minimum Gasteiger partial charge on any atom is -0.340 e. The first-order valence-corrected chi connectivity index (χ1v) is 10.6. The number of hydrogen-bond donors (Lipinski definition) is 1. The van der Waals surface area contributed by atoms with Crippen LogP contribution in [0.2, 0.25) is 0 Å². The Morgan fingerprint density at radius 1 is 1.21 bits per heavy atom. The van der Waals surface area contributed by atoms with Gasteiger partial charge in [0.05, 0.1) is 22.0 Å². The molecule has 0 saturated carbocycles. The molecule has 1 N–H and O–H groups in total.